The molecule has 1 aliphatic rings. The molecule has 1 aliphatic carbocycles. The molecule has 224 valence electrons. The van der Waals surface area contributed by atoms with Gasteiger partial charge in [-0.25, -0.2) is 13.2 Å². The Bertz CT molecular complexity index is 1840. The van der Waals surface area contributed by atoms with Crippen LogP contribution in [0, 0.1) is 25.6 Å². The highest BCUT2D eigenvalue weighted by Gasteiger charge is 2.40. The Morgan fingerprint density at radius 3 is 2.37 bits per heavy atom. The molecule has 5 aromatic rings. The van der Waals surface area contributed by atoms with E-state index >= 15 is 4.39 Å². The van der Waals surface area contributed by atoms with Crippen LogP contribution in [0.4, 0.5) is 13.2 Å². The fourth-order valence-corrected chi connectivity index (χ4v) is 6.88. The van der Waals surface area contributed by atoms with E-state index in [2.05, 4.69) is 5.16 Å². The predicted octanol–water partition coefficient (Wildman–Crippen LogP) is 7.95. The highest BCUT2D eigenvalue weighted by atomic mass is 19.3. The van der Waals surface area contributed by atoms with Gasteiger partial charge < -0.3 is 19.9 Å². The maximum atomic E-state index is 16.8. The van der Waals surface area contributed by atoms with Crippen molar-refractivity contribution in [2.45, 2.75) is 70.9 Å². The molecule has 9 heteroatoms. The SMILES string of the molecule is Cc1noc(C)c1-c1cc(C(N)=O)c2c3ccc(C(C)(C)O)c(F)c3n(C(c3ccccc3)C3CCC(F)(F)CC3)c2c1. The van der Waals surface area contributed by atoms with Gasteiger partial charge in [0.2, 0.25) is 11.8 Å². The van der Waals surface area contributed by atoms with Gasteiger partial charge in [0.05, 0.1) is 28.4 Å². The second-order valence-corrected chi connectivity index (χ2v) is 12.3. The van der Waals surface area contributed by atoms with E-state index in [1.54, 1.807) is 26.0 Å². The quantitative estimate of drug-likeness (QED) is 0.210. The zero-order valence-corrected chi connectivity index (χ0v) is 24.5. The highest BCUT2D eigenvalue weighted by Crippen LogP contribution is 2.48. The lowest BCUT2D eigenvalue weighted by molar-refractivity contribution is -0.0493. The zero-order valence-electron chi connectivity index (χ0n) is 24.5. The van der Waals surface area contributed by atoms with Crippen molar-refractivity contribution in [2.75, 3.05) is 0 Å². The number of alkyl halides is 2. The third-order valence-corrected chi connectivity index (χ3v) is 8.88. The summed E-state index contributed by atoms with van der Waals surface area (Å²) in [5.74, 6) is -3.81. The number of nitrogens with zero attached hydrogens (tertiary/aromatic N) is 2. The van der Waals surface area contributed by atoms with Gasteiger partial charge in [0.1, 0.15) is 5.76 Å². The molecule has 43 heavy (non-hydrogen) atoms. The number of aliphatic hydroxyl groups is 1. The van der Waals surface area contributed by atoms with Gasteiger partial charge in [0.15, 0.2) is 5.82 Å². The molecular weight excluding hydrogens is 555 g/mol. The van der Waals surface area contributed by atoms with Crippen molar-refractivity contribution in [3.05, 3.63) is 88.6 Å². The number of hydrogen-bond acceptors (Lipinski definition) is 4. The lowest BCUT2D eigenvalue weighted by Crippen LogP contribution is -2.30. The predicted molar refractivity (Wildman–Crippen MR) is 160 cm³/mol. The molecule has 1 atom stereocenters. The van der Waals surface area contributed by atoms with Crippen LogP contribution in [0.5, 0.6) is 0 Å². The minimum absolute atomic E-state index is 0.0811. The van der Waals surface area contributed by atoms with Crippen LogP contribution in [0.2, 0.25) is 0 Å². The molecule has 0 spiro atoms. The number of nitrogens with two attached hydrogens (primary N) is 1. The molecule has 1 amide bonds. The highest BCUT2D eigenvalue weighted by molar-refractivity contribution is 6.19. The summed E-state index contributed by atoms with van der Waals surface area (Å²) in [7, 11) is 0. The van der Waals surface area contributed by atoms with E-state index in [-0.39, 0.29) is 48.2 Å². The molecule has 6 nitrogen and oxygen atoms in total. The number of hydrogen-bond donors (Lipinski definition) is 2. The summed E-state index contributed by atoms with van der Waals surface area (Å²) in [4.78, 5) is 13.0. The summed E-state index contributed by atoms with van der Waals surface area (Å²) in [5.41, 5.74) is 8.18. The fraction of sp³-hybridized carbons (Fsp3) is 0.353. The summed E-state index contributed by atoms with van der Waals surface area (Å²) in [5, 5.41) is 15.9. The van der Waals surface area contributed by atoms with Crippen molar-refractivity contribution in [1.29, 1.82) is 0 Å². The number of aryl methyl sites for hydroxylation is 2. The third-order valence-electron chi connectivity index (χ3n) is 8.88. The van der Waals surface area contributed by atoms with Crippen molar-refractivity contribution in [2.24, 2.45) is 11.7 Å². The minimum Gasteiger partial charge on any atom is -0.386 e. The maximum Gasteiger partial charge on any atom is 0.249 e. The first-order valence-electron chi connectivity index (χ1n) is 14.5. The van der Waals surface area contributed by atoms with E-state index in [0.717, 1.165) is 5.56 Å². The number of amides is 1. The van der Waals surface area contributed by atoms with E-state index in [4.69, 9.17) is 10.3 Å². The monoisotopic (exact) mass is 589 g/mol. The molecule has 0 aliphatic heterocycles. The Labute approximate surface area is 247 Å². The van der Waals surface area contributed by atoms with Gasteiger partial charge in [-0.05, 0) is 69.7 Å². The summed E-state index contributed by atoms with van der Waals surface area (Å²) >= 11 is 0. The van der Waals surface area contributed by atoms with E-state index in [9.17, 15) is 18.7 Å². The van der Waals surface area contributed by atoms with E-state index in [0.29, 0.717) is 38.9 Å². The van der Waals surface area contributed by atoms with Crippen LogP contribution in [-0.4, -0.2) is 26.7 Å². The number of benzene rings is 3. The smallest absolute Gasteiger partial charge is 0.249 e. The topological polar surface area (TPSA) is 94.3 Å². The van der Waals surface area contributed by atoms with Crippen molar-refractivity contribution in [3.8, 4) is 11.1 Å². The maximum absolute atomic E-state index is 16.8. The Morgan fingerprint density at radius 1 is 1.12 bits per heavy atom. The molecule has 1 saturated carbocycles. The van der Waals surface area contributed by atoms with E-state index in [1.165, 1.54) is 19.9 Å². The Kier molecular flexibility index (Phi) is 6.92. The second kappa shape index (κ2) is 10.3. The molecule has 1 unspecified atom stereocenters. The van der Waals surface area contributed by atoms with Gasteiger partial charge >= 0.3 is 0 Å². The van der Waals surface area contributed by atoms with Gasteiger partial charge in [0, 0.05) is 40.3 Å². The molecule has 0 radical (unpaired) electrons. The number of carbonyl (C=O) groups is 1. The van der Waals surface area contributed by atoms with Crippen molar-refractivity contribution in [3.63, 3.8) is 0 Å². The molecule has 0 bridgehead atoms. The Balaban J connectivity index is 1.78. The van der Waals surface area contributed by atoms with Gasteiger partial charge in [-0.1, -0.05) is 47.6 Å². The van der Waals surface area contributed by atoms with E-state index in [1.807, 2.05) is 41.0 Å². The van der Waals surface area contributed by atoms with Crippen LogP contribution in [0.3, 0.4) is 0 Å². The van der Waals surface area contributed by atoms with Crippen LogP contribution in [0.15, 0.2) is 59.1 Å². The van der Waals surface area contributed by atoms with Crippen LogP contribution in [0.1, 0.15) is 78.5 Å². The van der Waals surface area contributed by atoms with E-state index < -0.39 is 29.3 Å². The van der Waals surface area contributed by atoms with Gasteiger partial charge in [-0.15, -0.1) is 0 Å². The first kappa shape index (κ1) is 29.0. The normalized spacial score (nSPS) is 16.7. The number of primary amides is 1. The minimum atomic E-state index is -2.76. The molecule has 3 N–H and O–H groups in total. The average Bonchev–Trinajstić information content (AvgIpc) is 3.46. The zero-order chi connectivity index (χ0) is 30.8. The fourth-order valence-electron chi connectivity index (χ4n) is 6.88. The summed E-state index contributed by atoms with van der Waals surface area (Å²) in [6.45, 7) is 6.57. The standard InChI is InChI=1S/C34H34F3N3O3/c1-18-27(19(2)43-39-18)22-16-24(32(38)41)28-23-10-11-25(33(3,4)42)29(35)31(23)40(26(28)17-22)30(20-8-6-5-7-9-20)21-12-14-34(36,37)15-13-21/h5-11,16-17,21,30,42H,12-15H2,1-4H3,(H2,38,41). The molecule has 6 rings (SSSR count). The largest absolute Gasteiger partial charge is 0.386 e. The summed E-state index contributed by atoms with van der Waals surface area (Å²) in [6.07, 6.45) is -0.0850. The lowest BCUT2D eigenvalue weighted by atomic mass is 9.79. The molecule has 1 fully saturated rings. The molecule has 3 aromatic carbocycles. The van der Waals surface area contributed by atoms with Crippen LogP contribution in [0.25, 0.3) is 32.9 Å². The lowest BCUT2D eigenvalue weighted by Gasteiger charge is -2.36. The Hall–Kier alpha value is -4.11. The van der Waals surface area contributed by atoms with Crippen LogP contribution in [-0.2, 0) is 5.60 Å². The summed E-state index contributed by atoms with van der Waals surface area (Å²) < 4.78 is 52.9. The number of fused-ring (bicyclic) bond motifs is 3. The van der Waals surface area contributed by atoms with Gasteiger partial charge in [-0.2, -0.15) is 0 Å². The third kappa shape index (κ3) is 4.89. The Morgan fingerprint density at radius 2 is 1.79 bits per heavy atom. The summed E-state index contributed by atoms with van der Waals surface area (Å²) in [6, 6.07) is 15.6. The first-order chi connectivity index (χ1) is 20.3. The first-order valence-corrected chi connectivity index (χ1v) is 14.5. The number of carbonyl (C=O) groups excluding carboxylic acids is 1. The van der Waals surface area contributed by atoms with Gasteiger partial charge in [-0.3, -0.25) is 4.79 Å². The number of rotatable bonds is 6. The van der Waals surface area contributed by atoms with Crippen LogP contribution < -0.4 is 5.73 Å². The van der Waals surface area contributed by atoms with Gasteiger partial charge in [0.25, 0.3) is 0 Å². The van der Waals surface area contributed by atoms with Crippen molar-refractivity contribution < 1.29 is 27.6 Å². The molecule has 2 heterocycles. The number of halogens is 3. The molecule has 2 aromatic heterocycles. The molecule has 0 saturated heterocycles. The van der Waals surface area contributed by atoms with Crippen molar-refractivity contribution in [1.82, 2.24) is 9.72 Å². The second-order valence-electron chi connectivity index (χ2n) is 12.3. The van der Waals surface area contributed by atoms with Crippen LogP contribution >= 0.6 is 0 Å². The molecular formula is C34H34F3N3O3. The number of aromatic nitrogens is 2. The van der Waals surface area contributed by atoms with Crippen molar-refractivity contribution >= 4 is 27.7 Å². The average molecular weight is 590 g/mol.